The Labute approximate surface area is 168 Å². The summed E-state index contributed by atoms with van der Waals surface area (Å²) in [6.07, 6.45) is 0.973. The fourth-order valence-corrected chi connectivity index (χ4v) is 4.71. The second kappa shape index (κ2) is 7.66. The molecule has 1 aromatic carbocycles. The number of anilines is 1. The number of nitrogens with zero attached hydrogens (tertiary/aromatic N) is 3. The van der Waals surface area contributed by atoms with Gasteiger partial charge in [-0.25, -0.2) is 0 Å². The highest BCUT2D eigenvalue weighted by Crippen LogP contribution is 2.24. The molecule has 0 unspecified atom stereocenters. The van der Waals surface area contributed by atoms with Gasteiger partial charge in [0.25, 0.3) is 0 Å². The van der Waals surface area contributed by atoms with Gasteiger partial charge in [-0.1, -0.05) is 12.1 Å². The summed E-state index contributed by atoms with van der Waals surface area (Å²) in [7, 11) is 0. The van der Waals surface area contributed by atoms with E-state index < -0.39 is 0 Å². The van der Waals surface area contributed by atoms with Gasteiger partial charge in [-0.05, 0) is 70.5 Å². The van der Waals surface area contributed by atoms with Crippen LogP contribution in [0.4, 0.5) is 5.69 Å². The van der Waals surface area contributed by atoms with Crippen molar-refractivity contribution in [2.24, 2.45) is 0 Å². The molecule has 1 aromatic rings. The summed E-state index contributed by atoms with van der Waals surface area (Å²) in [6.45, 7) is 14.4. The van der Waals surface area contributed by atoms with E-state index >= 15 is 0 Å². The van der Waals surface area contributed by atoms with Crippen LogP contribution in [0.25, 0.3) is 0 Å². The van der Waals surface area contributed by atoms with E-state index in [1.54, 1.807) is 0 Å². The summed E-state index contributed by atoms with van der Waals surface area (Å²) in [5.74, 6) is 0.173. The fourth-order valence-electron chi connectivity index (χ4n) is 4.19. The highest BCUT2D eigenvalue weighted by Gasteiger charge is 2.35. The third-order valence-corrected chi connectivity index (χ3v) is 6.02. The van der Waals surface area contributed by atoms with E-state index in [4.69, 9.17) is 12.2 Å². The van der Waals surface area contributed by atoms with Gasteiger partial charge in [0.1, 0.15) is 0 Å². The predicted octanol–water partition coefficient (Wildman–Crippen LogP) is 2.70. The Balaban J connectivity index is 1.57. The first-order valence-corrected chi connectivity index (χ1v) is 10.3. The first-order valence-electron chi connectivity index (χ1n) is 9.85. The molecular weight excluding hydrogens is 356 g/mol. The van der Waals surface area contributed by atoms with Crippen molar-refractivity contribution in [1.82, 2.24) is 15.1 Å². The van der Waals surface area contributed by atoms with E-state index in [0.717, 1.165) is 32.6 Å². The Morgan fingerprint density at radius 2 is 1.89 bits per heavy atom. The molecular formula is C21H32N4OS. The second-order valence-corrected chi connectivity index (χ2v) is 9.04. The highest BCUT2D eigenvalue weighted by atomic mass is 32.1. The van der Waals surface area contributed by atoms with Crippen LogP contribution in [-0.4, -0.2) is 65.1 Å². The van der Waals surface area contributed by atoms with E-state index in [2.05, 4.69) is 63.0 Å². The number of piperazine rings is 1. The minimum absolute atomic E-state index is 0.00660. The third-order valence-electron chi connectivity index (χ3n) is 5.69. The Kier molecular flexibility index (Phi) is 5.65. The summed E-state index contributed by atoms with van der Waals surface area (Å²) < 4.78 is 0. The normalized spacial score (nSPS) is 22.6. The van der Waals surface area contributed by atoms with Crippen LogP contribution in [0, 0.1) is 13.8 Å². The molecule has 0 bridgehead atoms. The van der Waals surface area contributed by atoms with Crippen molar-refractivity contribution in [2.75, 3.05) is 37.6 Å². The molecule has 6 heteroatoms. The van der Waals surface area contributed by atoms with E-state index in [9.17, 15) is 4.79 Å². The SMILES string of the molecule is Cc1ccc(C)c(N2CCN(C(=O)CN3C(=S)NC(C)(C)C[C@@H]3C)CC2)c1. The molecule has 148 valence electrons. The van der Waals surface area contributed by atoms with Crippen LogP contribution < -0.4 is 10.2 Å². The summed E-state index contributed by atoms with van der Waals surface area (Å²) >= 11 is 5.52. The van der Waals surface area contributed by atoms with Crippen molar-refractivity contribution in [2.45, 2.75) is 52.6 Å². The van der Waals surface area contributed by atoms with Gasteiger partial charge >= 0.3 is 0 Å². The number of aryl methyl sites for hydroxylation is 2. The number of hydrogen-bond acceptors (Lipinski definition) is 3. The number of thiocarbonyl (C=S) groups is 1. The summed E-state index contributed by atoms with van der Waals surface area (Å²) in [6, 6.07) is 6.84. The minimum Gasteiger partial charge on any atom is -0.368 e. The second-order valence-electron chi connectivity index (χ2n) is 8.65. The molecule has 2 fully saturated rings. The lowest BCUT2D eigenvalue weighted by Gasteiger charge is -2.45. The molecule has 0 aliphatic carbocycles. The topological polar surface area (TPSA) is 38.8 Å². The average molecular weight is 389 g/mol. The zero-order valence-corrected chi connectivity index (χ0v) is 18.0. The molecule has 0 spiro atoms. The van der Waals surface area contributed by atoms with Crippen LogP contribution in [0.5, 0.6) is 0 Å². The van der Waals surface area contributed by atoms with Crippen LogP contribution in [-0.2, 0) is 4.79 Å². The fraction of sp³-hybridized carbons (Fsp3) is 0.619. The lowest BCUT2D eigenvalue weighted by Crippen LogP contribution is -2.62. The molecule has 5 nitrogen and oxygen atoms in total. The third kappa shape index (κ3) is 4.54. The van der Waals surface area contributed by atoms with Gasteiger partial charge in [0.2, 0.25) is 5.91 Å². The molecule has 1 atom stereocenters. The van der Waals surface area contributed by atoms with Gasteiger partial charge in [-0.15, -0.1) is 0 Å². The smallest absolute Gasteiger partial charge is 0.242 e. The maximum atomic E-state index is 12.9. The zero-order valence-electron chi connectivity index (χ0n) is 17.2. The highest BCUT2D eigenvalue weighted by molar-refractivity contribution is 7.80. The molecule has 0 saturated carbocycles. The molecule has 3 rings (SSSR count). The molecule has 0 radical (unpaired) electrons. The molecule has 1 amide bonds. The maximum Gasteiger partial charge on any atom is 0.242 e. The van der Waals surface area contributed by atoms with E-state index in [-0.39, 0.29) is 17.5 Å². The molecule has 1 N–H and O–H groups in total. The van der Waals surface area contributed by atoms with Crippen LogP contribution in [0.3, 0.4) is 0 Å². The first kappa shape index (κ1) is 19.9. The van der Waals surface area contributed by atoms with Crippen LogP contribution in [0.15, 0.2) is 18.2 Å². The largest absolute Gasteiger partial charge is 0.368 e. The first-order chi connectivity index (χ1) is 12.7. The van der Waals surface area contributed by atoms with Gasteiger partial charge in [-0.2, -0.15) is 0 Å². The number of carbonyl (C=O) groups excluding carboxylic acids is 1. The minimum atomic E-state index is -0.00660. The standard InChI is InChI=1S/C21H32N4OS/c1-15-6-7-16(2)18(12-15)23-8-10-24(11-9-23)19(26)14-25-17(3)13-21(4,5)22-20(25)27/h6-7,12,17H,8-11,13-14H2,1-5H3,(H,22,27)/t17-/m0/s1. The predicted molar refractivity (Wildman–Crippen MR) is 115 cm³/mol. The van der Waals surface area contributed by atoms with Crippen molar-refractivity contribution in [3.8, 4) is 0 Å². The summed E-state index contributed by atoms with van der Waals surface area (Å²) in [5, 5.41) is 4.06. The number of hydrogen-bond donors (Lipinski definition) is 1. The van der Waals surface area contributed by atoms with Crippen LogP contribution >= 0.6 is 12.2 Å². The van der Waals surface area contributed by atoms with Gasteiger partial charge < -0.3 is 20.0 Å². The Hall–Kier alpha value is -1.82. The van der Waals surface area contributed by atoms with E-state index in [1.165, 1.54) is 16.8 Å². The molecule has 2 saturated heterocycles. The van der Waals surface area contributed by atoms with Crippen molar-refractivity contribution >= 4 is 28.9 Å². The molecule has 27 heavy (non-hydrogen) atoms. The monoisotopic (exact) mass is 388 g/mol. The van der Waals surface area contributed by atoms with Gasteiger partial charge in [0, 0.05) is 43.4 Å². The van der Waals surface area contributed by atoms with Gasteiger partial charge in [0.05, 0.1) is 6.54 Å². The summed E-state index contributed by atoms with van der Waals surface area (Å²) in [4.78, 5) is 19.3. The Morgan fingerprint density at radius 1 is 1.22 bits per heavy atom. The van der Waals surface area contributed by atoms with Crippen molar-refractivity contribution < 1.29 is 4.79 Å². The van der Waals surface area contributed by atoms with Gasteiger partial charge in [-0.3, -0.25) is 4.79 Å². The van der Waals surface area contributed by atoms with Crippen molar-refractivity contribution in [1.29, 1.82) is 0 Å². The number of carbonyl (C=O) groups is 1. The molecule has 2 aliphatic heterocycles. The molecule has 2 heterocycles. The van der Waals surface area contributed by atoms with Crippen LogP contribution in [0.1, 0.15) is 38.3 Å². The van der Waals surface area contributed by atoms with Crippen molar-refractivity contribution in [3.05, 3.63) is 29.3 Å². The quantitative estimate of drug-likeness (QED) is 0.806. The number of rotatable bonds is 3. The molecule has 0 aromatic heterocycles. The van der Waals surface area contributed by atoms with Crippen molar-refractivity contribution in [3.63, 3.8) is 0 Å². The molecule has 2 aliphatic rings. The maximum absolute atomic E-state index is 12.9. The lowest BCUT2D eigenvalue weighted by atomic mass is 9.93. The average Bonchev–Trinajstić information content (AvgIpc) is 2.59. The van der Waals surface area contributed by atoms with Crippen LogP contribution in [0.2, 0.25) is 0 Å². The van der Waals surface area contributed by atoms with E-state index in [0.29, 0.717) is 11.7 Å². The van der Waals surface area contributed by atoms with Gasteiger partial charge in [0.15, 0.2) is 5.11 Å². The zero-order chi connectivity index (χ0) is 19.8. The Morgan fingerprint density at radius 3 is 2.52 bits per heavy atom. The summed E-state index contributed by atoms with van der Waals surface area (Å²) in [5.41, 5.74) is 3.85. The lowest BCUT2D eigenvalue weighted by molar-refractivity contribution is -0.132. The number of amides is 1. The number of nitrogens with one attached hydrogen (secondary N) is 1. The number of benzene rings is 1. The Bertz CT molecular complexity index is 725. The van der Waals surface area contributed by atoms with E-state index in [1.807, 2.05) is 9.80 Å².